The standard InChI is InChI=1S/C26H28N4O4/c1-2-3-16-34-21-7-4-6-20(17-21)23-22(24(31)19-8-10-27-11-9-19)25(32)26(33)30(23)14-5-13-29-15-12-28-18-29/h4,6-12,15,17-18,23,31H,2-3,5,13-14,16H2,1H3/b24-22+. The van der Waals surface area contributed by atoms with Crippen LogP contribution in [0.1, 0.15) is 43.4 Å². The minimum absolute atomic E-state index is 0.0736. The summed E-state index contributed by atoms with van der Waals surface area (Å²) in [7, 11) is 0. The molecule has 3 heterocycles. The van der Waals surface area contributed by atoms with Crippen molar-refractivity contribution in [2.24, 2.45) is 0 Å². The first-order valence-corrected chi connectivity index (χ1v) is 11.5. The van der Waals surface area contributed by atoms with Crippen LogP contribution in [0.25, 0.3) is 5.76 Å². The summed E-state index contributed by atoms with van der Waals surface area (Å²) >= 11 is 0. The number of aliphatic hydroxyl groups excluding tert-OH is 1. The maximum absolute atomic E-state index is 13.1. The van der Waals surface area contributed by atoms with E-state index in [1.807, 2.05) is 35.0 Å². The summed E-state index contributed by atoms with van der Waals surface area (Å²) in [4.78, 5) is 35.8. The molecule has 8 heteroatoms. The van der Waals surface area contributed by atoms with Crippen LogP contribution in [0.4, 0.5) is 0 Å². The van der Waals surface area contributed by atoms with Crippen LogP contribution in [-0.4, -0.2) is 49.4 Å². The lowest BCUT2D eigenvalue weighted by atomic mass is 9.95. The lowest BCUT2D eigenvalue weighted by Crippen LogP contribution is -2.31. The SMILES string of the molecule is CCCCOc1cccc(C2/C(=C(\O)c3ccncc3)C(=O)C(=O)N2CCCn2ccnc2)c1. The molecule has 1 aromatic carbocycles. The molecule has 0 saturated carbocycles. The number of benzene rings is 1. The molecule has 176 valence electrons. The van der Waals surface area contributed by atoms with E-state index >= 15 is 0 Å². The second-order valence-corrected chi connectivity index (χ2v) is 8.16. The topological polar surface area (TPSA) is 97.5 Å². The summed E-state index contributed by atoms with van der Waals surface area (Å²) in [5.41, 5.74) is 1.22. The molecule has 1 N–H and O–H groups in total. The predicted octanol–water partition coefficient (Wildman–Crippen LogP) is 3.97. The van der Waals surface area contributed by atoms with Crippen LogP contribution in [0.2, 0.25) is 0 Å². The molecule has 8 nitrogen and oxygen atoms in total. The smallest absolute Gasteiger partial charge is 0.295 e. The Morgan fingerprint density at radius 3 is 2.62 bits per heavy atom. The van der Waals surface area contributed by atoms with Gasteiger partial charge in [-0.3, -0.25) is 14.6 Å². The van der Waals surface area contributed by atoms with Gasteiger partial charge in [-0.2, -0.15) is 0 Å². The number of amides is 1. The number of hydrogen-bond acceptors (Lipinski definition) is 6. The summed E-state index contributed by atoms with van der Waals surface area (Å²) < 4.78 is 7.78. The number of likely N-dealkylation sites (tertiary alicyclic amines) is 1. The molecule has 1 fully saturated rings. The fourth-order valence-electron chi connectivity index (χ4n) is 4.07. The number of aryl methyl sites for hydroxylation is 1. The predicted molar refractivity (Wildman–Crippen MR) is 127 cm³/mol. The lowest BCUT2D eigenvalue weighted by molar-refractivity contribution is -0.139. The molecular weight excluding hydrogens is 432 g/mol. The van der Waals surface area contributed by atoms with Crippen molar-refractivity contribution in [3.05, 3.63) is 84.2 Å². The van der Waals surface area contributed by atoms with E-state index in [1.54, 1.807) is 24.7 Å². The molecule has 4 rings (SSSR count). The number of carbonyl (C=O) groups excluding carboxylic acids is 2. The molecule has 1 aliphatic rings. The number of unbranched alkanes of at least 4 members (excludes halogenated alkanes) is 1. The summed E-state index contributed by atoms with van der Waals surface area (Å²) in [5, 5.41) is 11.1. The molecule has 1 aliphatic heterocycles. The molecule has 0 aliphatic carbocycles. The number of carbonyl (C=O) groups is 2. The molecule has 3 aromatic rings. The van der Waals surface area contributed by atoms with E-state index in [4.69, 9.17) is 4.74 Å². The van der Waals surface area contributed by atoms with Gasteiger partial charge >= 0.3 is 0 Å². The normalized spacial score (nSPS) is 17.3. The highest BCUT2D eigenvalue weighted by atomic mass is 16.5. The number of aliphatic hydroxyl groups is 1. The third-order valence-electron chi connectivity index (χ3n) is 5.81. The van der Waals surface area contributed by atoms with E-state index in [9.17, 15) is 14.7 Å². The Labute approximate surface area is 198 Å². The zero-order valence-corrected chi connectivity index (χ0v) is 19.1. The van der Waals surface area contributed by atoms with Crippen molar-refractivity contribution in [2.75, 3.05) is 13.2 Å². The Balaban J connectivity index is 1.70. The molecule has 1 amide bonds. The van der Waals surface area contributed by atoms with Crippen molar-refractivity contribution in [3.8, 4) is 5.75 Å². The van der Waals surface area contributed by atoms with E-state index in [1.165, 1.54) is 17.3 Å². The minimum Gasteiger partial charge on any atom is -0.507 e. The van der Waals surface area contributed by atoms with E-state index < -0.39 is 17.7 Å². The Morgan fingerprint density at radius 1 is 1.06 bits per heavy atom. The highest BCUT2D eigenvalue weighted by molar-refractivity contribution is 6.46. The largest absolute Gasteiger partial charge is 0.507 e. The summed E-state index contributed by atoms with van der Waals surface area (Å²) in [6.07, 6.45) is 10.9. The fourth-order valence-corrected chi connectivity index (χ4v) is 4.07. The van der Waals surface area contributed by atoms with Crippen molar-refractivity contribution in [1.82, 2.24) is 19.4 Å². The van der Waals surface area contributed by atoms with E-state index in [-0.39, 0.29) is 11.3 Å². The van der Waals surface area contributed by atoms with Crippen LogP contribution in [0.5, 0.6) is 5.75 Å². The van der Waals surface area contributed by atoms with Crippen molar-refractivity contribution in [3.63, 3.8) is 0 Å². The van der Waals surface area contributed by atoms with Gasteiger partial charge in [-0.25, -0.2) is 4.98 Å². The van der Waals surface area contributed by atoms with Crippen molar-refractivity contribution in [2.45, 2.75) is 38.8 Å². The molecular formula is C26H28N4O4. The molecule has 0 bridgehead atoms. The number of pyridine rings is 1. The number of ether oxygens (including phenoxy) is 1. The maximum atomic E-state index is 13.1. The van der Waals surface area contributed by atoms with Gasteiger partial charge in [0.1, 0.15) is 11.5 Å². The zero-order valence-electron chi connectivity index (χ0n) is 19.1. The first-order valence-electron chi connectivity index (χ1n) is 11.5. The first-order chi connectivity index (χ1) is 16.6. The third-order valence-corrected chi connectivity index (χ3v) is 5.81. The average molecular weight is 461 g/mol. The second-order valence-electron chi connectivity index (χ2n) is 8.16. The lowest BCUT2D eigenvalue weighted by Gasteiger charge is -2.25. The van der Waals surface area contributed by atoms with Crippen molar-refractivity contribution < 1.29 is 19.4 Å². The van der Waals surface area contributed by atoms with Gasteiger partial charge in [-0.05, 0) is 42.7 Å². The van der Waals surface area contributed by atoms with Crippen LogP contribution in [0.3, 0.4) is 0 Å². The van der Waals surface area contributed by atoms with Gasteiger partial charge in [0, 0.05) is 43.4 Å². The van der Waals surface area contributed by atoms with Crippen molar-refractivity contribution >= 4 is 17.4 Å². The quantitative estimate of drug-likeness (QED) is 0.213. The van der Waals surface area contributed by atoms with Crippen molar-refractivity contribution in [1.29, 1.82) is 0 Å². The number of rotatable bonds is 10. The molecule has 1 saturated heterocycles. The minimum atomic E-state index is -0.717. The Kier molecular flexibility index (Phi) is 7.37. The molecule has 1 atom stereocenters. The number of ketones is 1. The van der Waals surface area contributed by atoms with Gasteiger partial charge in [0.15, 0.2) is 0 Å². The third kappa shape index (κ3) is 5.01. The average Bonchev–Trinajstić information content (AvgIpc) is 3.47. The van der Waals surface area contributed by atoms with Gasteiger partial charge in [-0.1, -0.05) is 25.5 Å². The number of hydrogen-bond donors (Lipinski definition) is 1. The summed E-state index contributed by atoms with van der Waals surface area (Å²) in [6, 6.07) is 9.90. The number of aromatic nitrogens is 3. The van der Waals surface area contributed by atoms with Gasteiger partial charge in [0.25, 0.3) is 11.7 Å². The van der Waals surface area contributed by atoms with E-state index in [0.29, 0.717) is 43.0 Å². The molecule has 34 heavy (non-hydrogen) atoms. The number of Topliss-reactive ketones (excluding diaryl/α,β-unsaturated/α-hetero) is 1. The summed E-state index contributed by atoms with van der Waals surface area (Å²) in [6.45, 7) is 3.68. The van der Waals surface area contributed by atoms with Crippen LogP contribution in [0.15, 0.2) is 73.1 Å². The molecule has 2 aromatic heterocycles. The van der Waals surface area contributed by atoms with Gasteiger partial charge in [0.2, 0.25) is 0 Å². The first kappa shape index (κ1) is 23.2. The monoisotopic (exact) mass is 460 g/mol. The Bertz CT molecular complexity index is 1160. The molecule has 1 unspecified atom stereocenters. The highest BCUT2D eigenvalue weighted by Crippen LogP contribution is 2.40. The second kappa shape index (κ2) is 10.8. The molecule has 0 radical (unpaired) electrons. The fraction of sp³-hybridized carbons (Fsp3) is 0.308. The van der Waals surface area contributed by atoms with Crippen LogP contribution < -0.4 is 4.74 Å². The highest BCUT2D eigenvalue weighted by Gasteiger charge is 2.45. The van der Waals surface area contributed by atoms with E-state index in [2.05, 4.69) is 16.9 Å². The Hall–Kier alpha value is -3.94. The van der Waals surface area contributed by atoms with Crippen LogP contribution in [0, 0.1) is 0 Å². The summed E-state index contributed by atoms with van der Waals surface area (Å²) in [5.74, 6) is -0.859. The number of nitrogens with zero attached hydrogens (tertiary/aromatic N) is 4. The molecule has 0 spiro atoms. The Morgan fingerprint density at radius 2 is 1.88 bits per heavy atom. The van der Waals surface area contributed by atoms with Gasteiger partial charge in [-0.15, -0.1) is 0 Å². The van der Waals surface area contributed by atoms with E-state index in [0.717, 1.165) is 12.8 Å². The zero-order chi connectivity index (χ0) is 23.9. The van der Waals surface area contributed by atoms with Crippen LogP contribution >= 0.6 is 0 Å². The van der Waals surface area contributed by atoms with Gasteiger partial charge < -0.3 is 19.3 Å². The maximum Gasteiger partial charge on any atom is 0.295 e. The van der Waals surface area contributed by atoms with Crippen LogP contribution in [-0.2, 0) is 16.1 Å². The number of imidazole rings is 1. The van der Waals surface area contributed by atoms with Gasteiger partial charge in [0.05, 0.1) is 24.5 Å².